The molecule has 2 aliphatic rings. The van der Waals surface area contributed by atoms with Gasteiger partial charge in [0.15, 0.2) is 9.84 Å². The molecule has 120 valence electrons. The zero-order valence-electron chi connectivity index (χ0n) is 11.9. The molecule has 1 N–H and O–H groups in total. The highest BCUT2D eigenvalue weighted by molar-refractivity contribution is 7.91. The number of hydrogen-bond acceptors (Lipinski definition) is 5. The number of carbonyl (C=O) groups is 2. The number of amides is 2. The van der Waals surface area contributed by atoms with E-state index in [1.165, 1.54) is 4.90 Å². The molecule has 2 heterocycles. The van der Waals surface area contributed by atoms with E-state index in [1.807, 2.05) is 4.90 Å². The minimum atomic E-state index is -2.94. The summed E-state index contributed by atoms with van der Waals surface area (Å²) < 4.78 is 22.7. The van der Waals surface area contributed by atoms with E-state index in [4.69, 9.17) is 5.11 Å². The van der Waals surface area contributed by atoms with E-state index in [2.05, 4.69) is 0 Å². The minimum Gasteiger partial charge on any atom is -0.465 e. The van der Waals surface area contributed by atoms with Crippen molar-refractivity contribution in [2.75, 3.05) is 57.3 Å². The Kier molecular flexibility index (Phi) is 5.04. The highest BCUT2D eigenvalue weighted by Gasteiger charge is 2.26. The molecule has 0 bridgehead atoms. The number of carboxylic acid groups (broad SMARTS) is 1. The van der Waals surface area contributed by atoms with Gasteiger partial charge < -0.3 is 14.9 Å². The first kappa shape index (κ1) is 16.0. The summed E-state index contributed by atoms with van der Waals surface area (Å²) in [6.45, 7) is 2.72. The van der Waals surface area contributed by atoms with Crippen LogP contribution in [0.15, 0.2) is 0 Å². The van der Waals surface area contributed by atoms with Crippen LogP contribution in [0, 0.1) is 0 Å². The molecule has 0 aromatic rings. The van der Waals surface area contributed by atoms with Crippen LogP contribution in [0.3, 0.4) is 0 Å². The lowest BCUT2D eigenvalue weighted by Gasteiger charge is -2.29. The third kappa shape index (κ3) is 4.57. The highest BCUT2D eigenvalue weighted by atomic mass is 32.2. The average Bonchev–Trinajstić information content (AvgIpc) is 2.67. The second kappa shape index (κ2) is 6.61. The maximum absolute atomic E-state index is 12.2. The highest BCUT2D eigenvalue weighted by Crippen LogP contribution is 2.07. The van der Waals surface area contributed by atoms with Crippen molar-refractivity contribution in [2.45, 2.75) is 6.42 Å². The molecule has 2 rings (SSSR count). The van der Waals surface area contributed by atoms with Crippen molar-refractivity contribution in [3.63, 3.8) is 0 Å². The van der Waals surface area contributed by atoms with Crippen LogP contribution < -0.4 is 0 Å². The third-order valence-corrected chi connectivity index (χ3v) is 5.52. The Bertz CT molecular complexity index is 493. The summed E-state index contributed by atoms with van der Waals surface area (Å²) in [6, 6.07) is 0. The lowest BCUT2D eigenvalue weighted by Crippen LogP contribution is -2.47. The predicted molar refractivity (Wildman–Crippen MR) is 75.9 cm³/mol. The van der Waals surface area contributed by atoms with Gasteiger partial charge in [-0.1, -0.05) is 0 Å². The van der Waals surface area contributed by atoms with Crippen LogP contribution >= 0.6 is 0 Å². The van der Waals surface area contributed by atoms with E-state index in [0.717, 1.165) is 0 Å². The fraction of sp³-hybridized carbons (Fsp3) is 0.833. The van der Waals surface area contributed by atoms with Crippen molar-refractivity contribution in [1.29, 1.82) is 0 Å². The zero-order valence-corrected chi connectivity index (χ0v) is 12.7. The molecule has 21 heavy (non-hydrogen) atoms. The van der Waals surface area contributed by atoms with E-state index in [-0.39, 0.29) is 24.0 Å². The van der Waals surface area contributed by atoms with Crippen molar-refractivity contribution in [2.24, 2.45) is 0 Å². The lowest BCUT2D eigenvalue weighted by molar-refractivity contribution is -0.132. The summed E-state index contributed by atoms with van der Waals surface area (Å²) in [5.41, 5.74) is 0. The molecule has 0 aliphatic carbocycles. The van der Waals surface area contributed by atoms with E-state index >= 15 is 0 Å². The fourth-order valence-corrected chi connectivity index (χ4v) is 3.83. The molecule has 2 fully saturated rings. The Labute approximate surface area is 124 Å². The summed E-state index contributed by atoms with van der Waals surface area (Å²) in [5.74, 6) is 0.154. The summed E-state index contributed by atoms with van der Waals surface area (Å²) >= 11 is 0. The molecular weight excluding hydrogens is 298 g/mol. The first-order valence-electron chi connectivity index (χ1n) is 7.06. The molecule has 0 saturated carbocycles. The van der Waals surface area contributed by atoms with Gasteiger partial charge in [-0.25, -0.2) is 13.2 Å². The third-order valence-electron chi connectivity index (χ3n) is 3.92. The number of carbonyl (C=O) groups excluding carboxylic acids is 1. The Morgan fingerprint density at radius 1 is 0.905 bits per heavy atom. The van der Waals surface area contributed by atoms with Crippen LogP contribution in [-0.4, -0.2) is 97.5 Å². The van der Waals surface area contributed by atoms with Crippen LogP contribution in [0.5, 0.6) is 0 Å². The van der Waals surface area contributed by atoms with Crippen LogP contribution in [0.1, 0.15) is 6.42 Å². The summed E-state index contributed by atoms with van der Waals surface area (Å²) in [4.78, 5) is 28.0. The number of nitrogens with zero attached hydrogens (tertiary/aromatic N) is 3. The number of sulfone groups is 1. The van der Waals surface area contributed by atoms with Crippen LogP contribution in [0.2, 0.25) is 0 Å². The fourth-order valence-electron chi connectivity index (χ4n) is 2.56. The van der Waals surface area contributed by atoms with Crippen molar-refractivity contribution in [3.8, 4) is 0 Å². The van der Waals surface area contributed by atoms with Crippen molar-refractivity contribution in [3.05, 3.63) is 0 Å². The summed E-state index contributed by atoms with van der Waals surface area (Å²) in [7, 11) is -2.94. The number of rotatable bonds is 2. The number of hydrogen-bond donors (Lipinski definition) is 1. The van der Waals surface area contributed by atoms with Gasteiger partial charge in [0.2, 0.25) is 5.91 Å². The molecule has 0 spiro atoms. The second-order valence-corrected chi connectivity index (χ2v) is 7.74. The summed E-state index contributed by atoms with van der Waals surface area (Å²) in [5, 5.41) is 8.96. The minimum absolute atomic E-state index is 0.0541. The monoisotopic (exact) mass is 319 g/mol. The first-order chi connectivity index (χ1) is 9.87. The molecular formula is C12H21N3O5S. The Balaban J connectivity index is 1.82. The van der Waals surface area contributed by atoms with Gasteiger partial charge in [0, 0.05) is 39.3 Å². The SMILES string of the molecule is O=C(O)N1CCCN(C(=O)CN2CCS(=O)(=O)CC2)CC1. The van der Waals surface area contributed by atoms with Gasteiger partial charge >= 0.3 is 6.09 Å². The quantitative estimate of drug-likeness (QED) is 0.696. The van der Waals surface area contributed by atoms with Crippen LogP contribution in [-0.2, 0) is 14.6 Å². The van der Waals surface area contributed by atoms with Gasteiger partial charge in [-0.15, -0.1) is 0 Å². The van der Waals surface area contributed by atoms with E-state index in [0.29, 0.717) is 45.7 Å². The van der Waals surface area contributed by atoms with E-state index < -0.39 is 15.9 Å². The maximum Gasteiger partial charge on any atom is 0.407 e. The Morgan fingerprint density at radius 3 is 2.10 bits per heavy atom. The van der Waals surface area contributed by atoms with Crippen LogP contribution in [0.4, 0.5) is 4.79 Å². The first-order valence-corrected chi connectivity index (χ1v) is 8.88. The molecule has 2 amide bonds. The standard InChI is InChI=1S/C12H21N3O5S/c16-11(10-13-6-8-21(19,20)9-7-13)14-2-1-3-15(5-4-14)12(17)18/h1-10H2,(H,17,18). The lowest BCUT2D eigenvalue weighted by atomic mass is 10.3. The molecule has 2 aliphatic heterocycles. The molecule has 0 unspecified atom stereocenters. The smallest absolute Gasteiger partial charge is 0.407 e. The molecule has 0 aromatic heterocycles. The van der Waals surface area contributed by atoms with E-state index in [1.54, 1.807) is 4.90 Å². The van der Waals surface area contributed by atoms with Gasteiger partial charge in [0.05, 0.1) is 18.1 Å². The Hall–Kier alpha value is -1.35. The molecule has 8 nitrogen and oxygen atoms in total. The van der Waals surface area contributed by atoms with E-state index in [9.17, 15) is 18.0 Å². The molecule has 0 atom stereocenters. The second-order valence-electron chi connectivity index (χ2n) is 5.43. The normalized spacial score (nSPS) is 23.6. The summed E-state index contributed by atoms with van der Waals surface area (Å²) in [6.07, 6.45) is -0.322. The molecule has 9 heteroatoms. The largest absolute Gasteiger partial charge is 0.465 e. The molecule has 2 saturated heterocycles. The Morgan fingerprint density at radius 2 is 1.48 bits per heavy atom. The molecule has 0 radical (unpaired) electrons. The van der Waals surface area contributed by atoms with Gasteiger partial charge in [-0.05, 0) is 6.42 Å². The van der Waals surface area contributed by atoms with Crippen molar-refractivity contribution < 1.29 is 23.1 Å². The van der Waals surface area contributed by atoms with Gasteiger partial charge in [0.1, 0.15) is 0 Å². The van der Waals surface area contributed by atoms with Crippen molar-refractivity contribution >= 4 is 21.8 Å². The van der Waals surface area contributed by atoms with Crippen LogP contribution in [0.25, 0.3) is 0 Å². The van der Waals surface area contributed by atoms with Gasteiger partial charge in [0.25, 0.3) is 0 Å². The van der Waals surface area contributed by atoms with Crippen molar-refractivity contribution in [1.82, 2.24) is 14.7 Å². The topological polar surface area (TPSA) is 98.2 Å². The van der Waals surface area contributed by atoms with Gasteiger partial charge in [-0.3, -0.25) is 9.69 Å². The zero-order chi connectivity index (χ0) is 15.5. The predicted octanol–water partition coefficient (Wildman–Crippen LogP) is -1.07. The average molecular weight is 319 g/mol. The van der Waals surface area contributed by atoms with Gasteiger partial charge in [-0.2, -0.15) is 0 Å². The maximum atomic E-state index is 12.2. The molecule has 0 aromatic carbocycles.